The first-order valence-electron chi connectivity index (χ1n) is 8.05. The number of amides is 1. The molecule has 140 valence electrons. The monoisotopic (exact) mass is 370 g/mol. The number of methoxy groups -OCH3 is 1. The van der Waals surface area contributed by atoms with Crippen molar-refractivity contribution in [1.82, 2.24) is 10.1 Å². The lowest BCUT2D eigenvalue weighted by molar-refractivity contribution is 0.0181. The first-order valence-corrected chi connectivity index (χ1v) is 8.05. The number of piperidine rings is 1. The summed E-state index contributed by atoms with van der Waals surface area (Å²) in [6.07, 6.45) is 1.03. The minimum Gasteiger partial charge on any atom is -0.453 e. The Kier molecular flexibility index (Phi) is 4.80. The number of aromatic amines is 1. The molecular weight excluding hydrogens is 353 g/mol. The van der Waals surface area contributed by atoms with Crippen molar-refractivity contribution < 1.29 is 27.2 Å². The van der Waals surface area contributed by atoms with Gasteiger partial charge in [0.1, 0.15) is 5.54 Å². The Morgan fingerprint density at radius 2 is 1.96 bits per heavy atom. The van der Waals surface area contributed by atoms with Crippen LogP contribution in [0.15, 0.2) is 27.5 Å². The number of hydrogen-bond acceptors (Lipinski definition) is 4. The van der Waals surface area contributed by atoms with Crippen LogP contribution in [0.2, 0.25) is 0 Å². The fourth-order valence-electron chi connectivity index (χ4n) is 3.50. The Morgan fingerprint density at radius 1 is 1.27 bits per heavy atom. The first kappa shape index (κ1) is 18.1. The summed E-state index contributed by atoms with van der Waals surface area (Å²) in [6.45, 7) is 0.313. The summed E-state index contributed by atoms with van der Waals surface area (Å²) in [5.41, 5.74) is -1.56. The number of hydrogen-bond donors (Lipinski definition) is 1. The van der Waals surface area contributed by atoms with Crippen molar-refractivity contribution in [1.29, 1.82) is 0 Å². The van der Waals surface area contributed by atoms with E-state index in [1.165, 1.54) is 18.1 Å². The van der Waals surface area contributed by atoms with E-state index in [1.54, 1.807) is 0 Å². The number of nitrogens with zero attached hydrogens (tertiary/aromatic N) is 1. The molecule has 1 aromatic heterocycles. The van der Waals surface area contributed by atoms with Crippen LogP contribution in [0.5, 0.6) is 0 Å². The van der Waals surface area contributed by atoms with Gasteiger partial charge < -0.3 is 9.26 Å². The molecule has 1 N–H and O–H groups in total. The normalized spacial score (nSPS) is 20.2. The number of carbonyl (C=O) groups excluding carboxylic acids is 1. The van der Waals surface area contributed by atoms with Crippen molar-refractivity contribution in [2.24, 2.45) is 0 Å². The molecule has 1 aliphatic rings. The van der Waals surface area contributed by atoms with Gasteiger partial charge in [0.2, 0.25) is 0 Å². The molecule has 0 saturated carbocycles. The minimum absolute atomic E-state index is 0.0724. The summed E-state index contributed by atoms with van der Waals surface area (Å²) >= 11 is 0. The number of aromatic nitrogens is 1. The Bertz CT molecular complexity index is 856. The number of H-pyrrole nitrogens is 1. The van der Waals surface area contributed by atoms with Crippen LogP contribution < -0.4 is 5.56 Å². The molecule has 2 heterocycles. The molecule has 1 unspecified atom stereocenters. The van der Waals surface area contributed by atoms with E-state index < -0.39 is 34.6 Å². The SMILES string of the molecule is COC(=O)N1CCCCC1(Cc1cc(F)c(F)c(F)c1)c1cc(=O)[nH]o1. The van der Waals surface area contributed by atoms with Crippen molar-refractivity contribution in [3.05, 3.63) is 57.3 Å². The molecular formula is C17H17F3N2O4. The highest BCUT2D eigenvalue weighted by atomic mass is 19.2. The molecule has 26 heavy (non-hydrogen) atoms. The molecule has 1 atom stereocenters. The predicted octanol–water partition coefficient (Wildman–Crippen LogP) is 3.08. The largest absolute Gasteiger partial charge is 0.453 e. The molecule has 0 radical (unpaired) electrons. The fraction of sp³-hybridized carbons (Fsp3) is 0.412. The van der Waals surface area contributed by atoms with Gasteiger partial charge in [-0.05, 0) is 37.0 Å². The Balaban J connectivity index is 2.11. The third-order valence-corrected chi connectivity index (χ3v) is 4.66. The molecule has 0 spiro atoms. The van der Waals surface area contributed by atoms with Crippen LogP contribution in [0.1, 0.15) is 30.6 Å². The van der Waals surface area contributed by atoms with Gasteiger partial charge in [-0.15, -0.1) is 0 Å². The molecule has 2 aromatic rings. The van der Waals surface area contributed by atoms with Crippen molar-refractivity contribution in [3.63, 3.8) is 0 Å². The highest BCUT2D eigenvalue weighted by molar-refractivity contribution is 5.69. The predicted molar refractivity (Wildman–Crippen MR) is 84.0 cm³/mol. The standard InChI is InChI=1S/C17H17F3N2O4/c1-25-16(24)22-5-3-2-4-17(22,13-8-14(23)21-26-13)9-10-6-11(18)15(20)12(19)7-10/h6-8H,2-5,9H2,1H3,(H,21,23). The van der Waals surface area contributed by atoms with Gasteiger partial charge in [-0.1, -0.05) is 0 Å². The van der Waals surface area contributed by atoms with Gasteiger partial charge in [0.05, 0.1) is 7.11 Å². The average molecular weight is 370 g/mol. The zero-order chi connectivity index (χ0) is 18.9. The van der Waals surface area contributed by atoms with Gasteiger partial charge in [0, 0.05) is 19.0 Å². The Labute approximate surface area is 146 Å². The van der Waals surface area contributed by atoms with E-state index in [0.717, 1.165) is 12.1 Å². The van der Waals surface area contributed by atoms with E-state index in [1.807, 2.05) is 0 Å². The number of benzene rings is 1. The zero-order valence-electron chi connectivity index (χ0n) is 14.0. The van der Waals surface area contributed by atoms with Crippen LogP contribution in [-0.2, 0) is 16.7 Å². The smallest absolute Gasteiger partial charge is 0.410 e. The lowest BCUT2D eigenvalue weighted by atomic mass is 9.79. The van der Waals surface area contributed by atoms with E-state index in [4.69, 9.17) is 9.26 Å². The molecule has 0 bridgehead atoms. The average Bonchev–Trinajstić information content (AvgIpc) is 3.06. The second kappa shape index (κ2) is 6.89. The van der Waals surface area contributed by atoms with Crippen LogP contribution in [0, 0.1) is 17.5 Å². The molecule has 1 amide bonds. The Hall–Kier alpha value is -2.71. The molecule has 1 aliphatic heterocycles. The van der Waals surface area contributed by atoms with Gasteiger partial charge in [-0.25, -0.2) is 18.0 Å². The van der Waals surface area contributed by atoms with E-state index in [-0.39, 0.29) is 17.7 Å². The third kappa shape index (κ3) is 3.09. The van der Waals surface area contributed by atoms with Gasteiger partial charge in [0.15, 0.2) is 23.2 Å². The highest BCUT2D eigenvalue weighted by Gasteiger charge is 2.47. The maximum absolute atomic E-state index is 13.6. The van der Waals surface area contributed by atoms with E-state index in [9.17, 15) is 22.8 Å². The molecule has 3 rings (SSSR count). The summed E-state index contributed by atoms with van der Waals surface area (Å²) in [4.78, 5) is 25.3. The van der Waals surface area contributed by atoms with E-state index in [0.29, 0.717) is 25.8 Å². The number of likely N-dealkylation sites (tertiary alicyclic amines) is 1. The quantitative estimate of drug-likeness (QED) is 0.843. The molecule has 1 aromatic carbocycles. The highest BCUT2D eigenvalue weighted by Crippen LogP contribution is 2.41. The van der Waals surface area contributed by atoms with Crippen molar-refractivity contribution in [2.45, 2.75) is 31.2 Å². The minimum atomic E-state index is -1.57. The summed E-state index contributed by atoms with van der Waals surface area (Å²) in [6, 6.07) is 2.93. The molecule has 0 aliphatic carbocycles. The van der Waals surface area contributed by atoms with Crippen LogP contribution in [0.4, 0.5) is 18.0 Å². The zero-order valence-corrected chi connectivity index (χ0v) is 14.0. The maximum atomic E-state index is 13.6. The topological polar surface area (TPSA) is 75.5 Å². The lowest BCUT2D eigenvalue weighted by Gasteiger charge is -2.44. The third-order valence-electron chi connectivity index (χ3n) is 4.66. The second-order valence-electron chi connectivity index (χ2n) is 6.24. The van der Waals surface area contributed by atoms with E-state index >= 15 is 0 Å². The fourth-order valence-corrected chi connectivity index (χ4v) is 3.50. The maximum Gasteiger partial charge on any atom is 0.410 e. The number of halogens is 3. The molecule has 1 saturated heterocycles. The van der Waals surface area contributed by atoms with Gasteiger partial charge in [-0.3, -0.25) is 9.69 Å². The summed E-state index contributed by atoms with van der Waals surface area (Å²) in [5.74, 6) is -4.07. The number of carbonyl (C=O) groups is 1. The number of rotatable bonds is 3. The molecule has 6 nitrogen and oxygen atoms in total. The van der Waals surface area contributed by atoms with Gasteiger partial charge in [0.25, 0.3) is 5.56 Å². The van der Waals surface area contributed by atoms with Crippen LogP contribution >= 0.6 is 0 Å². The Morgan fingerprint density at radius 3 is 2.54 bits per heavy atom. The summed E-state index contributed by atoms with van der Waals surface area (Å²) < 4.78 is 50.6. The van der Waals surface area contributed by atoms with E-state index in [2.05, 4.69) is 5.16 Å². The van der Waals surface area contributed by atoms with Gasteiger partial charge >= 0.3 is 6.09 Å². The van der Waals surface area contributed by atoms with Gasteiger partial charge in [-0.2, -0.15) is 5.16 Å². The second-order valence-corrected chi connectivity index (χ2v) is 6.24. The number of nitrogens with one attached hydrogen (secondary N) is 1. The van der Waals surface area contributed by atoms with Crippen molar-refractivity contribution in [3.8, 4) is 0 Å². The molecule has 1 fully saturated rings. The van der Waals surface area contributed by atoms with Crippen LogP contribution in [-0.4, -0.2) is 29.8 Å². The number of ether oxygens (including phenoxy) is 1. The van der Waals surface area contributed by atoms with Crippen LogP contribution in [0.3, 0.4) is 0 Å². The van der Waals surface area contributed by atoms with Crippen molar-refractivity contribution in [2.75, 3.05) is 13.7 Å². The first-order chi connectivity index (χ1) is 12.4. The molecule has 9 heteroatoms. The summed E-state index contributed by atoms with van der Waals surface area (Å²) in [7, 11) is 1.21. The van der Waals surface area contributed by atoms with Crippen LogP contribution in [0.25, 0.3) is 0 Å². The summed E-state index contributed by atoms with van der Waals surface area (Å²) in [5, 5.41) is 2.17. The van der Waals surface area contributed by atoms with Crippen molar-refractivity contribution >= 4 is 6.09 Å². The lowest BCUT2D eigenvalue weighted by Crippen LogP contribution is -2.53.